The van der Waals surface area contributed by atoms with Gasteiger partial charge >= 0.3 is 5.97 Å². The van der Waals surface area contributed by atoms with E-state index in [0.717, 1.165) is 17.7 Å². The molecule has 3 nitrogen and oxygen atoms in total. The Hall–Kier alpha value is -1.06. The van der Waals surface area contributed by atoms with Crippen molar-refractivity contribution in [2.75, 3.05) is 14.1 Å². The number of hydrogen-bond acceptors (Lipinski definition) is 2. The van der Waals surface area contributed by atoms with Crippen LogP contribution in [-0.4, -0.2) is 30.1 Å². The van der Waals surface area contributed by atoms with Gasteiger partial charge in [-0.25, -0.2) is 0 Å². The zero-order valence-electron chi connectivity index (χ0n) is 11.3. The van der Waals surface area contributed by atoms with Gasteiger partial charge in [-0.3, -0.25) is 4.79 Å². The molecule has 1 aromatic rings. The monoisotopic (exact) mass is 269 g/mol. The second kappa shape index (κ2) is 5.72. The number of carbonyl (C=O) groups is 1. The van der Waals surface area contributed by atoms with E-state index < -0.39 is 11.4 Å². The summed E-state index contributed by atoms with van der Waals surface area (Å²) >= 11 is 6.24. The standard InChI is InChI=1S/C14H20ClNO2/c1-14(2,8-13(17)18)11-6-5-10(9-16(3)4)12(15)7-11/h5-7H,8-9H2,1-4H3,(H,17,18). The van der Waals surface area contributed by atoms with Crippen molar-refractivity contribution in [3.63, 3.8) is 0 Å². The van der Waals surface area contributed by atoms with Crippen molar-refractivity contribution in [3.8, 4) is 0 Å². The van der Waals surface area contributed by atoms with Crippen LogP contribution in [0, 0.1) is 0 Å². The predicted molar refractivity (Wildman–Crippen MR) is 74.1 cm³/mol. The Morgan fingerprint density at radius 1 is 1.39 bits per heavy atom. The minimum atomic E-state index is -0.798. The number of aliphatic carboxylic acids is 1. The van der Waals surface area contributed by atoms with Crippen LogP contribution >= 0.6 is 11.6 Å². The molecule has 0 saturated heterocycles. The lowest BCUT2D eigenvalue weighted by molar-refractivity contribution is -0.138. The first-order valence-corrected chi connectivity index (χ1v) is 6.25. The summed E-state index contributed by atoms with van der Waals surface area (Å²) in [4.78, 5) is 12.9. The highest BCUT2D eigenvalue weighted by molar-refractivity contribution is 6.31. The fraction of sp³-hybridized carbons (Fsp3) is 0.500. The number of halogens is 1. The highest BCUT2D eigenvalue weighted by Gasteiger charge is 2.24. The molecule has 0 aliphatic carbocycles. The summed E-state index contributed by atoms with van der Waals surface area (Å²) in [5.41, 5.74) is 1.60. The number of nitrogens with zero attached hydrogens (tertiary/aromatic N) is 1. The van der Waals surface area contributed by atoms with Crippen LogP contribution < -0.4 is 0 Å². The van der Waals surface area contributed by atoms with Crippen molar-refractivity contribution >= 4 is 17.6 Å². The quantitative estimate of drug-likeness (QED) is 0.893. The van der Waals surface area contributed by atoms with E-state index in [1.165, 1.54) is 0 Å². The van der Waals surface area contributed by atoms with E-state index in [1.807, 2.05) is 51.0 Å². The van der Waals surface area contributed by atoms with Gasteiger partial charge in [0.1, 0.15) is 0 Å². The Morgan fingerprint density at radius 2 is 2.00 bits per heavy atom. The third kappa shape index (κ3) is 4.00. The summed E-state index contributed by atoms with van der Waals surface area (Å²) in [5, 5.41) is 9.61. The fourth-order valence-electron chi connectivity index (χ4n) is 1.92. The Balaban J connectivity index is 2.99. The van der Waals surface area contributed by atoms with E-state index in [-0.39, 0.29) is 6.42 Å². The van der Waals surface area contributed by atoms with E-state index in [4.69, 9.17) is 16.7 Å². The molecule has 0 saturated carbocycles. The van der Waals surface area contributed by atoms with E-state index in [2.05, 4.69) is 0 Å². The molecule has 4 heteroatoms. The van der Waals surface area contributed by atoms with Gasteiger partial charge in [-0.05, 0) is 31.3 Å². The number of carboxylic acid groups (broad SMARTS) is 1. The molecule has 0 unspecified atom stereocenters. The molecule has 0 atom stereocenters. The van der Waals surface area contributed by atoms with Crippen LogP contribution in [0.15, 0.2) is 18.2 Å². The summed E-state index contributed by atoms with van der Waals surface area (Å²) in [6, 6.07) is 5.82. The topological polar surface area (TPSA) is 40.5 Å². The molecule has 0 spiro atoms. The average Bonchev–Trinajstić information content (AvgIpc) is 2.18. The molecule has 0 fully saturated rings. The van der Waals surface area contributed by atoms with Crippen molar-refractivity contribution in [1.82, 2.24) is 4.90 Å². The van der Waals surface area contributed by atoms with Gasteiger partial charge in [0.25, 0.3) is 0 Å². The third-order valence-electron chi connectivity index (χ3n) is 2.91. The van der Waals surface area contributed by atoms with Crippen molar-refractivity contribution in [2.24, 2.45) is 0 Å². The Bertz CT molecular complexity index is 441. The van der Waals surface area contributed by atoms with Crippen LogP contribution in [0.2, 0.25) is 5.02 Å². The first-order chi connectivity index (χ1) is 8.22. The molecule has 1 aromatic carbocycles. The molecule has 1 N–H and O–H groups in total. The van der Waals surface area contributed by atoms with Gasteiger partial charge in [0.05, 0.1) is 6.42 Å². The molecule has 0 bridgehead atoms. The maximum Gasteiger partial charge on any atom is 0.304 e. The van der Waals surface area contributed by atoms with Gasteiger partial charge < -0.3 is 10.0 Å². The first kappa shape index (κ1) is 15.0. The summed E-state index contributed by atoms with van der Waals surface area (Å²) in [7, 11) is 3.97. The molecule has 0 aliphatic heterocycles. The van der Waals surface area contributed by atoms with Gasteiger partial charge in [0.2, 0.25) is 0 Å². The number of benzene rings is 1. The zero-order chi connectivity index (χ0) is 13.9. The lowest BCUT2D eigenvalue weighted by Crippen LogP contribution is -2.22. The SMILES string of the molecule is CN(C)Cc1ccc(C(C)(C)CC(=O)O)cc1Cl. The molecule has 0 aliphatic rings. The smallest absolute Gasteiger partial charge is 0.304 e. The largest absolute Gasteiger partial charge is 0.481 e. The van der Waals surface area contributed by atoms with Crippen molar-refractivity contribution < 1.29 is 9.90 Å². The number of hydrogen-bond donors (Lipinski definition) is 1. The molecule has 100 valence electrons. The van der Waals surface area contributed by atoms with E-state index >= 15 is 0 Å². The van der Waals surface area contributed by atoms with E-state index in [9.17, 15) is 4.79 Å². The van der Waals surface area contributed by atoms with Gasteiger partial charge in [-0.1, -0.05) is 37.6 Å². The fourth-order valence-corrected chi connectivity index (χ4v) is 2.16. The Kier molecular flexibility index (Phi) is 4.77. The van der Waals surface area contributed by atoms with Crippen LogP contribution in [-0.2, 0) is 16.8 Å². The van der Waals surface area contributed by atoms with Crippen LogP contribution in [0.4, 0.5) is 0 Å². The Morgan fingerprint density at radius 3 is 2.44 bits per heavy atom. The van der Waals surface area contributed by atoms with E-state index in [0.29, 0.717) is 5.02 Å². The average molecular weight is 270 g/mol. The maximum absolute atomic E-state index is 10.8. The second-order valence-electron chi connectivity index (χ2n) is 5.50. The highest BCUT2D eigenvalue weighted by atomic mass is 35.5. The lowest BCUT2D eigenvalue weighted by Gasteiger charge is -2.24. The second-order valence-corrected chi connectivity index (χ2v) is 5.91. The predicted octanol–water partition coefficient (Wildman–Crippen LogP) is 3.15. The zero-order valence-corrected chi connectivity index (χ0v) is 12.1. The van der Waals surface area contributed by atoms with Crippen molar-refractivity contribution in [2.45, 2.75) is 32.2 Å². The summed E-state index contributed by atoms with van der Waals surface area (Å²) in [6.07, 6.45) is 0.0936. The van der Waals surface area contributed by atoms with Gasteiger partial charge in [0.15, 0.2) is 0 Å². The maximum atomic E-state index is 10.8. The molecule has 18 heavy (non-hydrogen) atoms. The number of carboxylic acids is 1. The molecule has 0 radical (unpaired) electrons. The molecule has 0 aromatic heterocycles. The van der Waals surface area contributed by atoms with Crippen LogP contribution in [0.25, 0.3) is 0 Å². The van der Waals surface area contributed by atoms with Gasteiger partial charge in [0, 0.05) is 17.0 Å². The molecular formula is C14H20ClNO2. The summed E-state index contributed by atoms with van der Waals surface area (Å²) in [6.45, 7) is 4.61. The van der Waals surface area contributed by atoms with Gasteiger partial charge in [-0.2, -0.15) is 0 Å². The normalized spacial score (nSPS) is 11.9. The first-order valence-electron chi connectivity index (χ1n) is 5.88. The summed E-state index contributed by atoms with van der Waals surface area (Å²) < 4.78 is 0. The minimum Gasteiger partial charge on any atom is -0.481 e. The molecule has 1 rings (SSSR count). The Labute approximate surface area is 113 Å². The van der Waals surface area contributed by atoms with Crippen LogP contribution in [0.3, 0.4) is 0 Å². The summed E-state index contributed by atoms with van der Waals surface area (Å²) in [5.74, 6) is -0.798. The van der Waals surface area contributed by atoms with Crippen molar-refractivity contribution in [3.05, 3.63) is 34.3 Å². The molecule has 0 amide bonds. The van der Waals surface area contributed by atoms with Gasteiger partial charge in [-0.15, -0.1) is 0 Å². The number of rotatable bonds is 5. The molecule has 0 heterocycles. The van der Waals surface area contributed by atoms with Crippen LogP contribution in [0.1, 0.15) is 31.4 Å². The highest BCUT2D eigenvalue weighted by Crippen LogP contribution is 2.30. The van der Waals surface area contributed by atoms with Crippen molar-refractivity contribution in [1.29, 1.82) is 0 Å². The third-order valence-corrected chi connectivity index (χ3v) is 3.27. The lowest BCUT2D eigenvalue weighted by atomic mass is 9.81. The minimum absolute atomic E-state index is 0.0936. The van der Waals surface area contributed by atoms with E-state index in [1.54, 1.807) is 0 Å². The molecular weight excluding hydrogens is 250 g/mol. The van der Waals surface area contributed by atoms with Crippen LogP contribution in [0.5, 0.6) is 0 Å².